The van der Waals surface area contributed by atoms with Crippen molar-refractivity contribution in [1.29, 1.82) is 0 Å². The molecular weight excluding hydrogens is 376 g/mol. The van der Waals surface area contributed by atoms with Gasteiger partial charge in [-0.05, 0) is 37.6 Å². The first-order valence-corrected chi connectivity index (χ1v) is 10.7. The topological polar surface area (TPSA) is 69.3 Å². The second-order valence-electron chi connectivity index (χ2n) is 7.81. The van der Waals surface area contributed by atoms with Gasteiger partial charge in [0.2, 0.25) is 0 Å². The van der Waals surface area contributed by atoms with Crippen LogP contribution in [0.25, 0.3) is 10.8 Å². The summed E-state index contributed by atoms with van der Waals surface area (Å²) in [7, 11) is 0. The first-order valence-electron chi connectivity index (χ1n) is 10.7. The van der Waals surface area contributed by atoms with Gasteiger partial charge in [0, 0.05) is 61.0 Å². The van der Waals surface area contributed by atoms with Gasteiger partial charge in [0.05, 0.1) is 5.56 Å². The summed E-state index contributed by atoms with van der Waals surface area (Å²) in [5.41, 5.74) is 1.37. The minimum Gasteiger partial charge on any atom is -0.335 e. The molecule has 30 heavy (non-hydrogen) atoms. The Morgan fingerprint density at radius 1 is 1.13 bits per heavy atom. The maximum Gasteiger partial charge on any atom is 0.256 e. The highest BCUT2D eigenvalue weighted by Gasteiger charge is 2.29. The fourth-order valence-corrected chi connectivity index (χ4v) is 4.32. The molecule has 0 bridgehead atoms. The number of carbonyl (C=O) groups excluding carboxylic acids is 1. The maximum atomic E-state index is 13.7. The monoisotopic (exact) mass is 404 g/mol. The lowest BCUT2D eigenvalue weighted by Crippen LogP contribution is -2.48. The molecule has 0 radical (unpaired) electrons. The van der Waals surface area contributed by atoms with Crippen molar-refractivity contribution in [2.45, 2.75) is 32.2 Å². The lowest BCUT2D eigenvalue weighted by Gasteiger charge is -2.38. The molecule has 1 aliphatic heterocycles. The third-order valence-electron chi connectivity index (χ3n) is 6.08. The van der Waals surface area contributed by atoms with E-state index in [1.807, 2.05) is 41.3 Å². The number of rotatable bonds is 6. The first kappa shape index (κ1) is 20.3. The molecule has 156 valence electrons. The number of piperidine rings is 1. The zero-order valence-electron chi connectivity index (χ0n) is 17.4. The number of nitrogens with one attached hydrogen (secondary N) is 1. The fraction of sp³-hybridized carbons (Fsp3) is 0.375. The molecule has 3 heterocycles. The zero-order valence-corrected chi connectivity index (χ0v) is 17.4. The van der Waals surface area contributed by atoms with Crippen molar-refractivity contribution >= 4 is 16.7 Å². The Morgan fingerprint density at radius 3 is 2.57 bits per heavy atom. The molecule has 6 nitrogen and oxygen atoms in total. The van der Waals surface area contributed by atoms with Crippen molar-refractivity contribution in [1.82, 2.24) is 19.8 Å². The maximum absolute atomic E-state index is 13.7. The molecule has 1 fully saturated rings. The van der Waals surface area contributed by atoms with Gasteiger partial charge in [-0.2, -0.15) is 0 Å². The van der Waals surface area contributed by atoms with Crippen LogP contribution in [0.2, 0.25) is 0 Å². The molecule has 0 aliphatic carbocycles. The molecule has 4 rings (SSSR count). The molecule has 1 aromatic carbocycles. The van der Waals surface area contributed by atoms with Crippen LogP contribution >= 0.6 is 0 Å². The van der Waals surface area contributed by atoms with E-state index < -0.39 is 0 Å². The van der Waals surface area contributed by atoms with Crippen LogP contribution in [-0.4, -0.2) is 57.9 Å². The first-order chi connectivity index (χ1) is 14.7. The second-order valence-corrected chi connectivity index (χ2v) is 7.81. The summed E-state index contributed by atoms with van der Waals surface area (Å²) in [5.74, 6) is -0.0201. The summed E-state index contributed by atoms with van der Waals surface area (Å²) < 4.78 is 0. The average Bonchev–Trinajstić information content (AvgIpc) is 2.80. The Kier molecular flexibility index (Phi) is 6.23. The Morgan fingerprint density at radius 2 is 1.87 bits per heavy atom. The van der Waals surface area contributed by atoms with Crippen LogP contribution in [0.4, 0.5) is 0 Å². The van der Waals surface area contributed by atoms with E-state index in [-0.39, 0.29) is 17.5 Å². The van der Waals surface area contributed by atoms with Gasteiger partial charge in [-0.25, -0.2) is 0 Å². The van der Waals surface area contributed by atoms with Crippen molar-refractivity contribution in [3.63, 3.8) is 0 Å². The molecule has 1 aliphatic rings. The Balaban J connectivity index is 1.64. The number of hydrogen-bond donors (Lipinski definition) is 1. The van der Waals surface area contributed by atoms with Crippen LogP contribution in [-0.2, 0) is 6.42 Å². The van der Waals surface area contributed by atoms with Crippen LogP contribution in [0.3, 0.4) is 0 Å². The summed E-state index contributed by atoms with van der Waals surface area (Å²) >= 11 is 0. The van der Waals surface area contributed by atoms with E-state index in [0.717, 1.165) is 38.2 Å². The Hall–Kier alpha value is -2.99. The Bertz CT molecular complexity index is 1060. The van der Waals surface area contributed by atoms with Crippen molar-refractivity contribution in [2.75, 3.05) is 26.2 Å². The van der Waals surface area contributed by atoms with Crippen molar-refractivity contribution in [3.05, 3.63) is 76.5 Å². The molecule has 6 heteroatoms. The summed E-state index contributed by atoms with van der Waals surface area (Å²) in [5, 5.41) is 1.26. The van der Waals surface area contributed by atoms with E-state index in [4.69, 9.17) is 0 Å². The van der Waals surface area contributed by atoms with Gasteiger partial charge in [0.15, 0.2) is 0 Å². The van der Waals surface area contributed by atoms with E-state index in [0.29, 0.717) is 29.3 Å². The molecule has 0 spiro atoms. The van der Waals surface area contributed by atoms with Crippen molar-refractivity contribution in [2.24, 2.45) is 0 Å². The standard InChI is InChI=1S/C24H28N4O2/c1-2-27-14-11-19(12-15-27)28(16-10-18-7-5-6-13-25-18)24(30)22-17-26-23(29)21-9-4-3-8-20(21)22/h3-9,13,17,19H,2,10-12,14-16H2,1H3,(H,26,29). The van der Waals surface area contributed by atoms with Gasteiger partial charge in [-0.3, -0.25) is 14.6 Å². The van der Waals surface area contributed by atoms with Crippen LogP contribution in [0.5, 0.6) is 0 Å². The van der Waals surface area contributed by atoms with Gasteiger partial charge in [-0.1, -0.05) is 31.2 Å². The third-order valence-corrected chi connectivity index (χ3v) is 6.08. The number of nitrogens with zero attached hydrogens (tertiary/aromatic N) is 3. The Labute approximate surface area is 176 Å². The van der Waals surface area contributed by atoms with Gasteiger partial charge in [0.1, 0.15) is 0 Å². The number of aromatic amines is 1. The van der Waals surface area contributed by atoms with E-state index in [2.05, 4.69) is 21.8 Å². The predicted molar refractivity (Wildman–Crippen MR) is 119 cm³/mol. The molecule has 0 unspecified atom stereocenters. The van der Waals surface area contributed by atoms with Gasteiger partial charge >= 0.3 is 0 Å². The summed E-state index contributed by atoms with van der Waals surface area (Å²) in [6.45, 7) is 5.83. The highest BCUT2D eigenvalue weighted by molar-refractivity contribution is 6.06. The fourth-order valence-electron chi connectivity index (χ4n) is 4.32. The number of H-pyrrole nitrogens is 1. The molecule has 3 aromatic rings. The largest absolute Gasteiger partial charge is 0.335 e. The lowest BCUT2D eigenvalue weighted by molar-refractivity contribution is 0.0581. The smallest absolute Gasteiger partial charge is 0.256 e. The average molecular weight is 405 g/mol. The summed E-state index contributed by atoms with van der Waals surface area (Å²) in [6.07, 6.45) is 5.99. The summed E-state index contributed by atoms with van der Waals surface area (Å²) in [6, 6.07) is 13.4. The quantitative estimate of drug-likeness (QED) is 0.685. The van der Waals surface area contributed by atoms with Gasteiger partial charge in [0.25, 0.3) is 11.5 Å². The normalized spacial score (nSPS) is 15.4. The van der Waals surface area contributed by atoms with E-state index >= 15 is 0 Å². The van der Waals surface area contributed by atoms with Crippen LogP contribution < -0.4 is 5.56 Å². The number of benzene rings is 1. The predicted octanol–water partition coefficient (Wildman–Crippen LogP) is 3.09. The van der Waals surface area contributed by atoms with E-state index in [1.54, 1.807) is 18.5 Å². The molecular formula is C24H28N4O2. The minimum absolute atomic E-state index is 0.0201. The van der Waals surface area contributed by atoms with Crippen LogP contribution in [0.1, 0.15) is 35.8 Å². The molecule has 2 aromatic heterocycles. The number of pyridine rings is 2. The minimum atomic E-state index is -0.168. The number of carbonyl (C=O) groups is 1. The number of aromatic nitrogens is 2. The highest BCUT2D eigenvalue weighted by Crippen LogP contribution is 2.22. The second kappa shape index (κ2) is 9.22. The third kappa shape index (κ3) is 4.28. The molecule has 1 saturated heterocycles. The lowest BCUT2D eigenvalue weighted by atomic mass is 10.00. The van der Waals surface area contributed by atoms with Crippen LogP contribution in [0.15, 0.2) is 59.7 Å². The molecule has 0 saturated carbocycles. The van der Waals surface area contributed by atoms with E-state index in [1.165, 1.54) is 0 Å². The van der Waals surface area contributed by atoms with Crippen molar-refractivity contribution < 1.29 is 4.79 Å². The van der Waals surface area contributed by atoms with Crippen molar-refractivity contribution in [3.8, 4) is 0 Å². The highest BCUT2D eigenvalue weighted by atomic mass is 16.2. The zero-order chi connectivity index (χ0) is 20.9. The molecule has 1 N–H and O–H groups in total. The number of hydrogen-bond acceptors (Lipinski definition) is 4. The number of amides is 1. The number of fused-ring (bicyclic) bond motifs is 1. The van der Waals surface area contributed by atoms with Gasteiger partial charge < -0.3 is 14.8 Å². The number of likely N-dealkylation sites (tertiary alicyclic amines) is 1. The van der Waals surface area contributed by atoms with Crippen LogP contribution in [0, 0.1) is 0 Å². The molecule has 1 amide bonds. The summed E-state index contributed by atoms with van der Waals surface area (Å²) in [4.78, 5) is 37.5. The van der Waals surface area contributed by atoms with Gasteiger partial charge in [-0.15, -0.1) is 0 Å². The SMILES string of the molecule is CCN1CCC(N(CCc2ccccn2)C(=O)c2c[nH]c(=O)c3ccccc23)CC1. The molecule has 0 atom stereocenters. The van der Waals surface area contributed by atoms with E-state index in [9.17, 15) is 9.59 Å².